The number of hydrogen-bond acceptors (Lipinski definition) is 5. The van der Waals surface area contributed by atoms with Gasteiger partial charge in [-0.15, -0.1) is 0 Å². The molecule has 9 nitrogen and oxygen atoms in total. The Morgan fingerprint density at radius 1 is 1.48 bits per heavy atom. The number of carboxylic acid groups (broad SMARTS) is 1. The molecule has 0 spiro atoms. The minimum absolute atomic E-state index is 0.118. The number of urea groups is 1. The summed E-state index contributed by atoms with van der Waals surface area (Å²) in [6.07, 6.45) is 1.77. The zero-order valence-electron chi connectivity index (χ0n) is 12.4. The Labute approximate surface area is 131 Å². The van der Waals surface area contributed by atoms with Gasteiger partial charge >= 0.3 is 12.1 Å². The Balaban J connectivity index is 1.90. The molecule has 10 heteroatoms. The van der Waals surface area contributed by atoms with E-state index in [0.29, 0.717) is 13.1 Å². The van der Waals surface area contributed by atoms with Crippen molar-refractivity contribution in [3.05, 3.63) is 24.3 Å². The second kappa shape index (κ2) is 7.38. The van der Waals surface area contributed by atoms with Crippen molar-refractivity contribution in [2.24, 2.45) is 0 Å². The number of likely N-dealkylation sites (N-methyl/N-ethyl adjacent to an activating group) is 1. The van der Waals surface area contributed by atoms with Crippen LogP contribution in [0.3, 0.4) is 0 Å². The Kier molecular flexibility index (Phi) is 5.28. The number of nitrogens with one attached hydrogen (secondary N) is 1. The summed E-state index contributed by atoms with van der Waals surface area (Å²) in [4.78, 5) is 33.2. The molecule has 124 valence electrons. The summed E-state index contributed by atoms with van der Waals surface area (Å²) in [6.45, 7) is 0.775. The molecule has 1 aliphatic rings. The molecule has 0 aliphatic carbocycles. The molecule has 0 unspecified atom stereocenters. The number of anilines is 1. The zero-order valence-corrected chi connectivity index (χ0v) is 12.4. The maximum Gasteiger partial charge on any atom is 0.404 e. The fourth-order valence-corrected chi connectivity index (χ4v) is 1.84. The first-order valence-corrected chi connectivity index (χ1v) is 6.73. The molecule has 1 aromatic rings. The van der Waals surface area contributed by atoms with Crippen molar-refractivity contribution < 1.29 is 23.8 Å². The maximum atomic E-state index is 12.6. The molecule has 2 N–H and O–H groups in total. The molecule has 0 aromatic carbocycles. The van der Waals surface area contributed by atoms with Crippen molar-refractivity contribution in [2.75, 3.05) is 38.2 Å². The molecule has 0 atom stereocenters. The van der Waals surface area contributed by atoms with Gasteiger partial charge in [0.05, 0.1) is 18.7 Å². The summed E-state index contributed by atoms with van der Waals surface area (Å²) in [5.41, 5.74) is 0.118. The number of rotatable bonds is 6. The lowest BCUT2D eigenvalue weighted by Gasteiger charge is -2.14. The molecule has 2 rings (SSSR count). The van der Waals surface area contributed by atoms with Crippen molar-refractivity contribution in [1.29, 1.82) is 0 Å². The summed E-state index contributed by atoms with van der Waals surface area (Å²) in [7, 11) is 1.69. The van der Waals surface area contributed by atoms with Crippen molar-refractivity contribution in [3.63, 3.8) is 0 Å². The SMILES string of the molecule is CN1CCN(c2ncc(OC/C(=C/F)CNC(=O)O)cn2)C1=O. The third kappa shape index (κ3) is 4.28. The van der Waals surface area contributed by atoms with E-state index in [0.717, 1.165) is 0 Å². The van der Waals surface area contributed by atoms with E-state index >= 15 is 0 Å². The molecule has 1 fully saturated rings. The molecule has 1 saturated heterocycles. The standard InChI is InChI=1S/C13H16FN5O4/c1-18-2-3-19(13(18)22)11-15-6-10(7-16-11)23-8-9(4-14)5-17-12(20)21/h4,6-7,17H,2-3,5,8H2,1H3,(H,20,21)/b9-4+. The van der Waals surface area contributed by atoms with Gasteiger partial charge < -0.3 is 20.1 Å². The maximum absolute atomic E-state index is 12.6. The lowest BCUT2D eigenvalue weighted by atomic mass is 10.3. The smallest absolute Gasteiger partial charge is 0.404 e. The molecule has 1 aromatic heterocycles. The van der Waals surface area contributed by atoms with Gasteiger partial charge in [0.15, 0.2) is 5.75 Å². The molecular formula is C13H16FN5O4. The fraction of sp³-hybridized carbons (Fsp3) is 0.385. The van der Waals surface area contributed by atoms with Crippen LogP contribution in [0.4, 0.5) is 19.9 Å². The van der Waals surface area contributed by atoms with Crippen LogP contribution in [0.5, 0.6) is 5.75 Å². The lowest BCUT2D eigenvalue weighted by molar-refractivity contribution is 0.195. The third-order valence-electron chi connectivity index (χ3n) is 3.12. The monoisotopic (exact) mass is 325 g/mol. The van der Waals surface area contributed by atoms with Crippen LogP contribution in [0.1, 0.15) is 0 Å². The molecule has 0 radical (unpaired) electrons. The Morgan fingerprint density at radius 3 is 2.70 bits per heavy atom. The third-order valence-corrected chi connectivity index (χ3v) is 3.12. The van der Waals surface area contributed by atoms with Gasteiger partial charge in [0, 0.05) is 32.3 Å². The molecule has 0 bridgehead atoms. The highest BCUT2D eigenvalue weighted by Gasteiger charge is 2.28. The van der Waals surface area contributed by atoms with E-state index in [1.54, 1.807) is 11.9 Å². The van der Waals surface area contributed by atoms with Gasteiger partial charge in [0.2, 0.25) is 5.95 Å². The van der Waals surface area contributed by atoms with E-state index in [-0.39, 0.29) is 42.8 Å². The molecular weight excluding hydrogens is 309 g/mol. The van der Waals surface area contributed by atoms with Gasteiger partial charge in [-0.2, -0.15) is 0 Å². The van der Waals surface area contributed by atoms with Crippen LogP contribution in [0.25, 0.3) is 0 Å². The van der Waals surface area contributed by atoms with Gasteiger partial charge in [0.1, 0.15) is 6.61 Å². The van der Waals surface area contributed by atoms with Crippen LogP contribution in [0.15, 0.2) is 24.3 Å². The molecule has 23 heavy (non-hydrogen) atoms. The second-order valence-electron chi connectivity index (χ2n) is 4.79. The Morgan fingerprint density at radius 2 is 2.17 bits per heavy atom. The summed E-state index contributed by atoms with van der Waals surface area (Å²) in [5.74, 6) is 0.545. The Hall–Kier alpha value is -2.91. The van der Waals surface area contributed by atoms with E-state index in [4.69, 9.17) is 9.84 Å². The predicted octanol–water partition coefficient (Wildman–Crippen LogP) is 0.848. The number of carbonyl (C=O) groups excluding carboxylic acids is 1. The topological polar surface area (TPSA) is 108 Å². The largest absolute Gasteiger partial charge is 0.486 e. The van der Waals surface area contributed by atoms with Crippen LogP contribution in [-0.2, 0) is 0 Å². The minimum atomic E-state index is -1.25. The average Bonchev–Trinajstić information content (AvgIpc) is 2.87. The number of carbonyl (C=O) groups is 2. The summed E-state index contributed by atoms with van der Waals surface area (Å²) < 4.78 is 17.9. The van der Waals surface area contributed by atoms with Crippen LogP contribution < -0.4 is 15.0 Å². The molecule has 2 heterocycles. The highest BCUT2D eigenvalue weighted by molar-refractivity contribution is 5.92. The van der Waals surface area contributed by atoms with Crippen molar-refractivity contribution in [1.82, 2.24) is 20.2 Å². The second-order valence-corrected chi connectivity index (χ2v) is 4.79. The summed E-state index contributed by atoms with van der Waals surface area (Å²) in [5, 5.41) is 10.5. The number of ether oxygens (including phenoxy) is 1. The highest BCUT2D eigenvalue weighted by Crippen LogP contribution is 2.17. The first kappa shape index (κ1) is 16.5. The Bertz CT molecular complexity index is 607. The fourth-order valence-electron chi connectivity index (χ4n) is 1.84. The van der Waals surface area contributed by atoms with Gasteiger partial charge in [-0.1, -0.05) is 0 Å². The van der Waals surface area contributed by atoms with Crippen molar-refractivity contribution in [3.8, 4) is 5.75 Å². The minimum Gasteiger partial charge on any atom is -0.486 e. The van der Waals surface area contributed by atoms with E-state index in [9.17, 15) is 14.0 Å². The number of halogens is 1. The summed E-state index contributed by atoms with van der Waals surface area (Å²) >= 11 is 0. The number of aromatic nitrogens is 2. The summed E-state index contributed by atoms with van der Waals surface area (Å²) in [6, 6.07) is -0.180. The predicted molar refractivity (Wildman–Crippen MR) is 78.1 cm³/mol. The first-order valence-electron chi connectivity index (χ1n) is 6.73. The first-order chi connectivity index (χ1) is 11.0. The average molecular weight is 325 g/mol. The quantitative estimate of drug-likeness (QED) is 0.803. The van der Waals surface area contributed by atoms with Crippen LogP contribution in [0, 0.1) is 0 Å². The van der Waals surface area contributed by atoms with Gasteiger partial charge in [-0.05, 0) is 0 Å². The molecule has 1 aliphatic heterocycles. The van der Waals surface area contributed by atoms with Gasteiger partial charge in [-0.3, -0.25) is 4.90 Å². The molecule has 0 saturated carbocycles. The number of hydrogen-bond donors (Lipinski definition) is 2. The normalized spacial score (nSPS) is 15.0. The van der Waals surface area contributed by atoms with Crippen LogP contribution in [-0.4, -0.2) is 65.4 Å². The van der Waals surface area contributed by atoms with E-state index < -0.39 is 6.09 Å². The van der Waals surface area contributed by atoms with Crippen molar-refractivity contribution in [2.45, 2.75) is 0 Å². The van der Waals surface area contributed by atoms with Gasteiger partial charge in [0.25, 0.3) is 0 Å². The van der Waals surface area contributed by atoms with E-state index in [1.165, 1.54) is 17.3 Å². The van der Waals surface area contributed by atoms with Crippen LogP contribution >= 0.6 is 0 Å². The number of nitrogens with zero attached hydrogens (tertiary/aromatic N) is 4. The lowest BCUT2D eigenvalue weighted by Crippen LogP contribution is -2.30. The van der Waals surface area contributed by atoms with E-state index in [1.807, 2.05) is 5.32 Å². The molecule has 3 amide bonds. The highest BCUT2D eigenvalue weighted by atomic mass is 19.1. The van der Waals surface area contributed by atoms with E-state index in [2.05, 4.69) is 9.97 Å². The zero-order chi connectivity index (χ0) is 16.8. The van der Waals surface area contributed by atoms with Crippen molar-refractivity contribution >= 4 is 18.1 Å². The number of amides is 3. The van der Waals surface area contributed by atoms with Crippen LogP contribution in [0.2, 0.25) is 0 Å². The van der Waals surface area contributed by atoms with Gasteiger partial charge in [-0.25, -0.2) is 23.9 Å².